The summed E-state index contributed by atoms with van der Waals surface area (Å²) in [4.78, 5) is 22.2. The Kier molecular flexibility index (Phi) is 2.61. The lowest BCUT2D eigenvalue weighted by Gasteiger charge is -2.24. The van der Waals surface area contributed by atoms with Crippen LogP contribution < -0.4 is 0 Å². The molecule has 13 heavy (non-hydrogen) atoms. The second-order valence-electron chi connectivity index (χ2n) is 3.16. The Morgan fingerprint density at radius 1 is 1.54 bits per heavy atom. The second-order valence-corrected chi connectivity index (χ2v) is 3.16. The third-order valence-electron chi connectivity index (χ3n) is 2.23. The number of hydrogen-bond acceptors (Lipinski definition) is 2. The third-order valence-corrected chi connectivity index (χ3v) is 2.23. The zero-order valence-corrected chi connectivity index (χ0v) is 7.62. The molecule has 0 N–H and O–H groups in total. The molecule has 0 heterocycles. The van der Waals surface area contributed by atoms with Crippen molar-refractivity contribution in [3.63, 3.8) is 0 Å². The fourth-order valence-corrected chi connectivity index (χ4v) is 1.33. The van der Waals surface area contributed by atoms with E-state index in [9.17, 15) is 9.59 Å². The minimum atomic E-state index is -0.629. The van der Waals surface area contributed by atoms with Crippen LogP contribution in [0.15, 0.2) is 37.0 Å². The third kappa shape index (κ3) is 1.83. The minimum Gasteiger partial charge on any atom is -0.299 e. The van der Waals surface area contributed by atoms with E-state index in [-0.39, 0.29) is 11.6 Å². The molecular weight excluding hydrogens is 164 g/mol. The Balaban J connectivity index is 3.00. The molecule has 0 unspecified atom stereocenters. The molecular formula is C11H12O2. The summed E-state index contributed by atoms with van der Waals surface area (Å²) < 4.78 is 0. The van der Waals surface area contributed by atoms with E-state index in [1.54, 1.807) is 18.2 Å². The van der Waals surface area contributed by atoms with Gasteiger partial charge in [0.25, 0.3) is 0 Å². The molecule has 0 aromatic rings. The summed E-state index contributed by atoms with van der Waals surface area (Å²) in [6, 6.07) is 0. The van der Waals surface area contributed by atoms with Crippen molar-refractivity contribution in [3.8, 4) is 0 Å². The van der Waals surface area contributed by atoms with Crippen molar-refractivity contribution >= 4 is 11.6 Å². The maximum atomic E-state index is 11.4. The van der Waals surface area contributed by atoms with Crippen molar-refractivity contribution < 1.29 is 9.59 Å². The van der Waals surface area contributed by atoms with Gasteiger partial charge in [-0.1, -0.05) is 18.2 Å². The van der Waals surface area contributed by atoms with E-state index < -0.39 is 5.41 Å². The summed E-state index contributed by atoms with van der Waals surface area (Å²) in [5.74, 6) is -0.0339. The number of carbonyl (C=O) groups is 2. The van der Waals surface area contributed by atoms with Crippen molar-refractivity contribution in [2.45, 2.75) is 13.3 Å². The molecule has 2 heteroatoms. The van der Waals surface area contributed by atoms with E-state index in [1.807, 2.05) is 0 Å². The van der Waals surface area contributed by atoms with Crippen LogP contribution in [-0.4, -0.2) is 11.6 Å². The molecule has 0 bridgehead atoms. The lowest BCUT2D eigenvalue weighted by atomic mass is 9.78. The Morgan fingerprint density at radius 3 is 2.46 bits per heavy atom. The van der Waals surface area contributed by atoms with E-state index >= 15 is 0 Å². The van der Waals surface area contributed by atoms with Crippen LogP contribution in [0.5, 0.6) is 0 Å². The van der Waals surface area contributed by atoms with Crippen LogP contribution in [0.1, 0.15) is 13.3 Å². The molecule has 1 aliphatic carbocycles. The van der Waals surface area contributed by atoms with Crippen molar-refractivity contribution in [1.29, 1.82) is 0 Å². The maximum absolute atomic E-state index is 11.4. The number of hydrogen-bond donors (Lipinski definition) is 0. The fraction of sp³-hybridized carbons (Fsp3) is 0.273. The van der Waals surface area contributed by atoms with Gasteiger partial charge in [0.1, 0.15) is 5.78 Å². The SMILES string of the molecule is C=CCC1(C(C)=O)C=CC(=O)C=C1. The van der Waals surface area contributed by atoms with Gasteiger partial charge >= 0.3 is 0 Å². The summed E-state index contributed by atoms with van der Waals surface area (Å²) in [6.45, 7) is 5.12. The van der Waals surface area contributed by atoms with Gasteiger partial charge in [-0.05, 0) is 25.5 Å². The van der Waals surface area contributed by atoms with Crippen LogP contribution in [0, 0.1) is 5.41 Å². The molecule has 0 aromatic carbocycles. The van der Waals surface area contributed by atoms with E-state index in [0.29, 0.717) is 6.42 Å². The van der Waals surface area contributed by atoms with E-state index in [4.69, 9.17) is 0 Å². The lowest BCUT2D eigenvalue weighted by Crippen LogP contribution is -2.26. The average Bonchev–Trinajstić information content (AvgIpc) is 2.09. The van der Waals surface area contributed by atoms with Gasteiger partial charge < -0.3 is 0 Å². The molecule has 0 radical (unpaired) electrons. The average molecular weight is 176 g/mol. The molecule has 0 saturated heterocycles. The van der Waals surface area contributed by atoms with E-state index in [2.05, 4.69) is 6.58 Å². The van der Waals surface area contributed by atoms with Crippen molar-refractivity contribution in [3.05, 3.63) is 37.0 Å². The van der Waals surface area contributed by atoms with Crippen molar-refractivity contribution in [2.75, 3.05) is 0 Å². The normalized spacial score (nSPS) is 18.7. The summed E-state index contributed by atoms with van der Waals surface area (Å²) in [6.07, 6.45) is 8.41. The smallest absolute Gasteiger partial charge is 0.178 e. The molecule has 1 aliphatic rings. The highest BCUT2D eigenvalue weighted by atomic mass is 16.1. The molecule has 0 aliphatic heterocycles. The Bertz CT molecular complexity index is 292. The van der Waals surface area contributed by atoms with E-state index in [1.165, 1.54) is 19.1 Å². The predicted octanol–water partition coefficient (Wildman–Crippen LogP) is 1.83. The molecule has 0 aromatic heterocycles. The lowest BCUT2D eigenvalue weighted by molar-refractivity contribution is -0.122. The van der Waals surface area contributed by atoms with Crippen LogP contribution in [-0.2, 0) is 9.59 Å². The second kappa shape index (κ2) is 3.52. The van der Waals surface area contributed by atoms with Crippen molar-refractivity contribution in [2.24, 2.45) is 5.41 Å². The predicted molar refractivity (Wildman–Crippen MR) is 51.2 cm³/mol. The summed E-state index contributed by atoms with van der Waals surface area (Å²) in [5, 5.41) is 0. The molecule has 2 nitrogen and oxygen atoms in total. The minimum absolute atomic E-state index is 0.0346. The maximum Gasteiger partial charge on any atom is 0.178 e. The van der Waals surface area contributed by atoms with Gasteiger partial charge in [0.15, 0.2) is 5.78 Å². The first-order chi connectivity index (χ1) is 6.10. The first kappa shape index (κ1) is 9.65. The van der Waals surface area contributed by atoms with Gasteiger partial charge in [0.05, 0.1) is 5.41 Å². The molecule has 0 amide bonds. The highest BCUT2D eigenvalue weighted by molar-refractivity contribution is 6.03. The highest BCUT2D eigenvalue weighted by Crippen LogP contribution is 2.30. The molecule has 0 spiro atoms. The number of ketones is 2. The number of rotatable bonds is 3. The van der Waals surface area contributed by atoms with Gasteiger partial charge in [0.2, 0.25) is 0 Å². The molecule has 0 saturated carbocycles. The van der Waals surface area contributed by atoms with Crippen LogP contribution >= 0.6 is 0 Å². The van der Waals surface area contributed by atoms with Crippen LogP contribution in [0.2, 0.25) is 0 Å². The molecule has 0 fully saturated rings. The molecule has 1 rings (SSSR count). The Labute approximate surface area is 77.6 Å². The number of carbonyl (C=O) groups excluding carboxylic acids is 2. The number of Topliss-reactive ketones (excluding diaryl/α,β-unsaturated/α-hetero) is 1. The quantitative estimate of drug-likeness (QED) is 0.615. The summed E-state index contributed by atoms with van der Waals surface area (Å²) >= 11 is 0. The van der Waals surface area contributed by atoms with Crippen LogP contribution in [0.4, 0.5) is 0 Å². The largest absolute Gasteiger partial charge is 0.299 e. The Hall–Kier alpha value is -1.44. The monoisotopic (exact) mass is 176 g/mol. The molecule has 68 valence electrons. The Morgan fingerprint density at radius 2 is 2.08 bits per heavy atom. The zero-order valence-electron chi connectivity index (χ0n) is 7.62. The van der Waals surface area contributed by atoms with Gasteiger partial charge in [-0.3, -0.25) is 9.59 Å². The van der Waals surface area contributed by atoms with Gasteiger partial charge in [0, 0.05) is 0 Å². The summed E-state index contributed by atoms with van der Waals surface area (Å²) in [7, 11) is 0. The van der Waals surface area contributed by atoms with Gasteiger partial charge in [-0.25, -0.2) is 0 Å². The van der Waals surface area contributed by atoms with Crippen LogP contribution in [0.25, 0.3) is 0 Å². The van der Waals surface area contributed by atoms with Gasteiger partial charge in [-0.2, -0.15) is 0 Å². The fourth-order valence-electron chi connectivity index (χ4n) is 1.33. The first-order valence-corrected chi connectivity index (χ1v) is 4.15. The standard InChI is InChI=1S/C11H12O2/c1-3-6-11(9(2)12)7-4-10(13)5-8-11/h3-5,7-8H,1,6H2,2H3. The molecule has 0 atom stereocenters. The summed E-state index contributed by atoms with van der Waals surface area (Å²) in [5.41, 5.74) is -0.629. The highest BCUT2D eigenvalue weighted by Gasteiger charge is 2.30. The topological polar surface area (TPSA) is 34.1 Å². The van der Waals surface area contributed by atoms with Crippen LogP contribution in [0.3, 0.4) is 0 Å². The number of allylic oxidation sites excluding steroid dienone is 5. The van der Waals surface area contributed by atoms with Gasteiger partial charge in [-0.15, -0.1) is 6.58 Å². The zero-order chi connectivity index (χ0) is 9.90. The first-order valence-electron chi connectivity index (χ1n) is 4.15. The van der Waals surface area contributed by atoms with E-state index in [0.717, 1.165) is 0 Å². The van der Waals surface area contributed by atoms with Crippen molar-refractivity contribution in [1.82, 2.24) is 0 Å².